The fraction of sp³-hybridized carbons (Fsp3) is 0.875. The average Bonchev–Trinajstić information content (AvgIpc) is 1.62. The minimum Gasteiger partial charge on any atom is -0.0533 e. The molecule has 0 aromatic rings. The molecule has 1 saturated carbocycles. The Kier molecular flexibility index (Phi) is 3.01. The summed E-state index contributed by atoms with van der Waals surface area (Å²) in [6, 6.07) is 0. The molecule has 0 saturated heterocycles. The van der Waals surface area contributed by atoms with Gasteiger partial charge >= 0.3 is 0 Å². The lowest BCUT2D eigenvalue weighted by atomic mass is 10.0. The summed E-state index contributed by atoms with van der Waals surface area (Å²) in [5, 5.41) is 0. The van der Waals surface area contributed by atoms with Crippen LogP contribution in [0.4, 0.5) is 0 Å². The molecule has 0 N–H and O–H groups in total. The predicted molar refractivity (Wildman–Crippen MR) is 36.6 cm³/mol. The van der Waals surface area contributed by atoms with Crippen LogP contribution in [0.3, 0.4) is 0 Å². The monoisotopic (exact) mass is 111 g/mol. The van der Waals surface area contributed by atoms with Gasteiger partial charge in [-0.25, -0.2) is 0 Å². The molecule has 0 heterocycles. The molecule has 0 nitrogen and oxygen atoms in total. The zero-order valence-electron chi connectivity index (χ0n) is 5.53. The van der Waals surface area contributed by atoms with Crippen LogP contribution >= 0.6 is 0 Å². The smallest absolute Gasteiger partial charge is 0.0386 e. The van der Waals surface area contributed by atoms with E-state index in [0.29, 0.717) is 0 Å². The highest BCUT2D eigenvalue weighted by Gasteiger charge is 1.95. The molecule has 0 spiro atoms. The van der Waals surface area contributed by atoms with Gasteiger partial charge in [0, 0.05) is 0 Å². The summed E-state index contributed by atoms with van der Waals surface area (Å²) >= 11 is 0. The van der Waals surface area contributed by atoms with Crippen molar-refractivity contribution in [3.63, 3.8) is 0 Å². The van der Waals surface area contributed by atoms with E-state index in [9.17, 15) is 0 Å². The van der Waals surface area contributed by atoms with Crippen LogP contribution in [-0.2, 0) is 0 Å². The summed E-state index contributed by atoms with van der Waals surface area (Å²) in [5.41, 5.74) is 0. The number of hydrogen-bond donors (Lipinski definition) is 0. The molecule has 1 rings (SSSR count). The summed E-state index contributed by atoms with van der Waals surface area (Å²) in [7, 11) is 0. The van der Waals surface area contributed by atoms with E-state index in [1.54, 1.807) is 0 Å². The molecule has 0 amide bonds. The Morgan fingerprint density at radius 3 is 1.75 bits per heavy atom. The van der Waals surface area contributed by atoms with Gasteiger partial charge in [-0.2, -0.15) is 0 Å². The van der Waals surface area contributed by atoms with Crippen molar-refractivity contribution in [2.24, 2.45) is 0 Å². The Morgan fingerprint density at radius 1 is 0.625 bits per heavy atom. The van der Waals surface area contributed by atoms with E-state index in [1.807, 2.05) is 0 Å². The van der Waals surface area contributed by atoms with Crippen molar-refractivity contribution in [1.82, 2.24) is 0 Å². The second-order valence-electron chi connectivity index (χ2n) is 2.63. The van der Waals surface area contributed by atoms with Gasteiger partial charge in [0.2, 0.25) is 0 Å². The van der Waals surface area contributed by atoms with Gasteiger partial charge in [-0.1, -0.05) is 44.9 Å². The first kappa shape index (κ1) is 6.12. The van der Waals surface area contributed by atoms with E-state index >= 15 is 0 Å². The topological polar surface area (TPSA) is 0 Å². The molecule has 0 atom stereocenters. The molecule has 0 bridgehead atoms. The molecule has 0 unspecified atom stereocenters. The van der Waals surface area contributed by atoms with E-state index in [2.05, 4.69) is 6.42 Å². The van der Waals surface area contributed by atoms with E-state index in [4.69, 9.17) is 0 Å². The van der Waals surface area contributed by atoms with Crippen molar-refractivity contribution < 1.29 is 0 Å². The van der Waals surface area contributed by atoms with Crippen LogP contribution in [0, 0.1) is 6.42 Å². The molecule has 1 aliphatic carbocycles. The molecule has 1 radical (unpaired) electrons. The van der Waals surface area contributed by atoms with Crippen LogP contribution in [0.1, 0.15) is 44.9 Å². The highest BCUT2D eigenvalue weighted by molar-refractivity contribution is 4.66. The first-order valence-corrected chi connectivity index (χ1v) is 3.82. The minimum atomic E-state index is 1.38. The fourth-order valence-electron chi connectivity index (χ4n) is 1.25. The molecule has 1 aliphatic rings. The number of rotatable bonds is 0. The standard InChI is InChI=1S/C8H15/c1-2-4-6-8-7-5-3-1/h1H,2-8H2. The van der Waals surface area contributed by atoms with Gasteiger partial charge in [0.15, 0.2) is 0 Å². The molecule has 8 heavy (non-hydrogen) atoms. The highest BCUT2D eigenvalue weighted by atomic mass is 14.0. The van der Waals surface area contributed by atoms with Crippen molar-refractivity contribution in [2.75, 3.05) is 0 Å². The lowest BCUT2D eigenvalue weighted by molar-refractivity contribution is 0.565. The molecule has 1 fully saturated rings. The maximum absolute atomic E-state index is 2.44. The van der Waals surface area contributed by atoms with Gasteiger partial charge in [-0.3, -0.25) is 0 Å². The first-order chi connectivity index (χ1) is 4.00. The maximum atomic E-state index is 2.44. The SMILES string of the molecule is [CH]1CCCCCCC1. The van der Waals surface area contributed by atoms with Crippen LogP contribution in [0.5, 0.6) is 0 Å². The maximum Gasteiger partial charge on any atom is -0.0386 e. The highest BCUT2D eigenvalue weighted by Crippen LogP contribution is 2.14. The van der Waals surface area contributed by atoms with Crippen molar-refractivity contribution in [2.45, 2.75) is 44.9 Å². The third kappa shape index (κ3) is 2.34. The Hall–Kier alpha value is 0. The average molecular weight is 111 g/mol. The Morgan fingerprint density at radius 2 is 1.12 bits per heavy atom. The van der Waals surface area contributed by atoms with E-state index in [-0.39, 0.29) is 0 Å². The summed E-state index contributed by atoms with van der Waals surface area (Å²) in [6.45, 7) is 0. The Bertz CT molecular complexity index is 24.0. The van der Waals surface area contributed by atoms with Gasteiger partial charge < -0.3 is 0 Å². The van der Waals surface area contributed by atoms with Gasteiger partial charge in [0.05, 0.1) is 0 Å². The summed E-state index contributed by atoms with van der Waals surface area (Å²) in [4.78, 5) is 0. The zero-order chi connectivity index (χ0) is 5.66. The molecule has 0 aromatic heterocycles. The molecule has 0 aliphatic heterocycles. The lowest BCUT2D eigenvalue weighted by Crippen LogP contribution is -1.86. The largest absolute Gasteiger partial charge is 0.0533 e. The Balaban J connectivity index is 2.00. The third-order valence-corrected chi connectivity index (χ3v) is 1.82. The van der Waals surface area contributed by atoms with Gasteiger partial charge in [0.1, 0.15) is 0 Å². The van der Waals surface area contributed by atoms with Crippen LogP contribution in [-0.4, -0.2) is 0 Å². The van der Waals surface area contributed by atoms with E-state index in [1.165, 1.54) is 44.9 Å². The molecule has 47 valence electrons. The quantitative estimate of drug-likeness (QED) is 0.451. The van der Waals surface area contributed by atoms with E-state index in [0.717, 1.165) is 0 Å². The molecule has 0 heteroatoms. The van der Waals surface area contributed by atoms with Crippen LogP contribution in [0.15, 0.2) is 0 Å². The van der Waals surface area contributed by atoms with Gasteiger partial charge in [-0.15, -0.1) is 0 Å². The van der Waals surface area contributed by atoms with Gasteiger partial charge in [0.25, 0.3) is 0 Å². The van der Waals surface area contributed by atoms with E-state index < -0.39 is 0 Å². The second-order valence-corrected chi connectivity index (χ2v) is 2.63. The van der Waals surface area contributed by atoms with Crippen LogP contribution in [0.2, 0.25) is 0 Å². The van der Waals surface area contributed by atoms with Crippen molar-refractivity contribution in [1.29, 1.82) is 0 Å². The zero-order valence-corrected chi connectivity index (χ0v) is 5.53. The molecular formula is C8H15. The van der Waals surface area contributed by atoms with Crippen LogP contribution < -0.4 is 0 Å². The van der Waals surface area contributed by atoms with Crippen molar-refractivity contribution in [3.05, 3.63) is 6.42 Å². The summed E-state index contributed by atoms with van der Waals surface area (Å²) < 4.78 is 0. The summed E-state index contributed by atoms with van der Waals surface area (Å²) in [6.07, 6.45) is 12.5. The first-order valence-electron chi connectivity index (χ1n) is 3.82. The van der Waals surface area contributed by atoms with Crippen molar-refractivity contribution >= 4 is 0 Å². The normalized spacial score (nSPS) is 24.0. The number of hydrogen-bond acceptors (Lipinski definition) is 0. The Labute approximate surface area is 52.3 Å². The fourth-order valence-corrected chi connectivity index (χ4v) is 1.25. The van der Waals surface area contributed by atoms with Crippen molar-refractivity contribution in [3.8, 4) is 0 Å². The second kappa shape index (κ2) is 3.94. The van der Waals surface area contributed by atoms with Gasteiger partial charge in [-0.05, 0) is 6.42 Å². The molecule has 0 aromatic carbocycles. The minimum absolute atomic E-state index is 1.38. The third-order valence-electron chi connectivity index (χ3n) is 1.82. The summed E-state index contributed by atoms with van der Waals surface area (Å²) in [5.74, 6) is 0. The molecular weight excluding hydrogens is 96.1 g/mol. The van der Waals surface area contributed by atoms with Crippen LogP contribution in [0.25, 0.3) is 0 Å². The lowest BCUT2D eigenvalue weighted by Gasteiger charge is -2.05. The predicted octanol–water partition coefficient (Wildman–Crippen LogP) is 2.93.